The number of hydrogen-bond donors (Lipinski definition) is 1. The third-order valence-electron chi connectivity index (χ3n) is 1.80. The zero-order chi connectivity index (χ0) is 9.31. The number of rotatable bonds is 1. The summed E-state index contributed by atoms with van der Waals surface area (Å²) in [7, 11) is -1.71. The standard InChI is InChI=1S/C8H10O4P/c1-10-13(9)11-6-7-4-2-3-5-8(7)12-13/h2-5,9H,6H2,1H3. The lowest BCUT2D eigenvalue weighted by Crippen LogP contribution is -2.13. The van der Waals surface area contributed by atoms with Crippen molar-refractivity contribution in [2.75, 3.05) is 7.11 Å². The molecule has 0 amide bonds. The van der Waals surface area contributed by atoms with Crippen LogP contribution in [0.5, 0.6) is 5.75 Å². The van der Waals surface area contributed by atoms with Crippen LogP contribution in [0.15, 0.2) is 24.3 Å². The minimum atomic E-state index is -3.08. The molecule has 4 nitrogen and oxygen atoms in total. The van der Waals surface area contributed by atoms with E-state index in [2.05, 4.69) is 0 Å². The number of hydrogen-bond acceptors (Lipinski definition) is 4. The number of benzene rings is 1. The van der Waals surface area contributed by atoms with Crippen LogP contribution in [-0.4, -0.2) is 12.0 Å². The summed E-state index contributed by atoms with van der Waals surface area (Å²) < 4.78 is 15.0. The molecular formula is C8H10O4P. The average Bonchev–Trinajstić information content (AvgIpc) is 2.18. The molecule has 1 unspecified atom stereocenters. The lowest BCUT2D eigenvalue weighted by atomic mass is 10.2. The Hall–Kier alpha value is -0.670. The van der Waals surface area contributed by atoms with Gasteiger partial charge >= 0.3 is 8.17 Å². The third kappa shape index (κ3) is 1.67. The molecule has 1 atom stereocenters. The Morgan fingerprint density at radius 1 is 1.46 bits per heavy atom. The van der Waals surface area contributed by atoms with Gasteiger partial charge < -0.3 is 9.42 Å². The largest absolute Gasteiger partial charge is 0.433 e. The van der Waals surface area contributed by atoms with Crippen molar-refractivity contribution in [3.63, 3.8) is 0 Å². The van der Waals surface area contributed by atoms with Gasteiger partial charge in [0.05, 0.1) is 6.61 Å². The van der Waals surface area contributed by atoms with E-state index in [9.17, 15) is 4.89 Å². The van der Waals surface area contributed by atoms with Crippen molar-refractivity contribution in [2.24, 2.45) is 0 Å². The van der Waals surface area contributed by atoms with Crippen LogP contribution >= 0.6 is 8.17 Å². The smallest absolute Gasteiger partial charge is 0.414 e. The summed E-state index contributed by atoms with van der Waals surface area (Å²) in [5, 5.41) is 0. The minimum absolute atomic E-state index is 0.328. The lowest BCUT2D eigenvalue weighted by Gasteiger charge is -2.31. The molecular weight excluding hydrogens is 191 g/mol. The Labute approximate surface area is 76.7 Å². The van der Waals surface area contributed by atoms with E-state index in [-0.39, 0.29) is 0 Å². The highest BCUT2D eigenvalue weighted by atomic mass is 31.2. The van der Waals surface area contributed by atoms with Crippen LogP contribution in [0.2, 0.25) is 0 Å². The van der Waals surface area contributed by atoms with E-state index in [1.807, 2.05) is 18.2 Å². The molecule has 0 fully saturated rings. The molecule has 0 bridgehead atoms. The summed E-state index contributed by atoms with van der Waals surface area (Å²) in [5.74, 6) is 0.631. The van der Waals surface area contributed by atoms with Crippen LogP contribution in [-0.2, 0) is 15.7 Å². The third-order valence-corrected chi connectivity index (χ3v) is 3.14. The summed E-state index contributed by atoms with van der Waals surface area (Å²) >= 11 is 0. The maximum Gasteiger partial charge on any atom is 0.433 e. The fourth-order valence-corrected chi connectivity index (χ4v) is 2.07. The monoisotopic (exact) mass is 201 g/mol. The van der Waals surface area contributed by atoms with Gasteiger partial charge in [-0.2, -0.15) is 0 Å². The zero-order valence-corrected chi connectivity index (χ0v) is 8.03. The predicted molar refractivity (Wildman–Crippen MR) is 48.0 cm³/mol. The van der Waals surface area contributed by atoms with Crippen LogP contribution in [0.4, 0.5) is 0 Å². The lowest BCUT2D eigenvalue weighted by molar-refractivity contribution is 0.122. The number of fused-ring (bicyclic) bond motifs is 1. The molecule has 0 aromatic heterocycles. The highest BCUT2D eigenvalue weighted by molar-refractivity contribution is 7.55. The zero-order valence-electron chi connectivity index (χ0n) is 7.14. The normalized spacial score (nSPS) is 26.3. The SMILES string of the molecule is CO[P]1(O)OCc2ccccc2O1. The van der Waals surface area contributed by atoms with Crippen LogP contribution in [0.3, 0.4) is 0 Å². The molecule has 1 aliphatic rings. The van der Waals surface area contributed by atoms with Gasteiger partial charge in [-0.25, -0.2) is 0 Å². The Balaban J connectivity index is 2.29. The fourth-order valence-electron chi connectivity index (χ4n) is 1.10. The van der Waals surface area contributed by atoms with Gasteiger partial charge in [0.25, 0.3) is 0 Å². The van der Waals surface area contributed by atoms with Gasteiger partial charge in [0.15, 0.2) is 0 Å². The Morgan fingerprint density at radius 3 is 3.00 bits per heavy atom. The highest BCUT2D eigenvalue weighted by Gasteiger charge is 2.35. The Morgan fingerprint density at radius 2 is 2.23 bits per heavy atom. The van der Waals surface area contributed by atoms with Gasteiger partial charge in [0.1, 0.15) is 5.75 Å². The molecule has 2 rings (SSSR count). The molecule has 0 saturated carbocycles. The van der Waals surface area contributed by atoms with Gasteiger partial charge in [-0.1, -0.05) is 18.2 Å². The summed E-state index contributed by atoms with van der Waals surface area (Å²) in [6.45, 7) is 0.328. The van der Waals surface area contributed by atoms with Crippen molar-refractivity contribution in [1.82, 2.24) is 0 Å². The van der Waals surface area contributed by atoms with E-state index in [1.54, 1.807) is 6.07 Å². The second-order valence-corrected chi connectivity index (χ2v) is 4.37. The van der Waals surface area contributed by atoms with Crippen molar-refractivity contribution in [3.8, 4) is 5.75 Å². The molecule has 1 radical (unpaired) electrons. The second kappa shape index (κ2) is 3.24. The van der Waals surface area contributed by atoms with Gasteiger partial charge in [-0.05, 0) is 6.07 Å². The molecule has 1 aliphatic heterocycles. The summed E-state index contributed by atoms with van der Waals surface area (Å²) in [6, 6.07) is 7.39. The molecule has 1 aromatic rings. The number of para-hydroxylation sites is 1. The molecule has 1 N–H and O–H groups in total. The minimum Gasteiger partial charge on any atom is -0.414 e. The van der Waals surface area contributed by atoms with E-state index in [0.717, 1.165) is 5.56 Å². The molecule has 1 aromatic carbocycles. The summed E-state index contributed by atoms with van der Waals surface area (Å²) in [4.78, 5) is 9.57. The van der Waals surface area contributed by atoms with Crippen molar-refractivity contribution in [3.05, 3.63) is 29.8 Å². The molecule has 5 heteroatoms. The van der Waals surface area contributed by atoms with E-state index in [4.69, 9.17) is 13.6 Å². The summed E-state index contributed by atoms with van der Waals surface area (Å²) in [5.41, 5.74) is 0.921. The predicted octanol–water partition coefficient (Wildman–Crippen LogP) is 1.91. The molecule has 0 saturated heterocycles. The molecule has 1 heterocycles. The van der Waals surface area contributed by atoms with Gasteiger partial charge in [0, 0.05) is 12.7 Å². The van der Waals surface area contributed by atoms with Crippen LogP contribution in [0.25, 0.3) is 0 Å². The highest BCUT2D eigenvalue weighted by Crippen LogP contribution is 2.60. The quantitative estimate of drug-likeness (QED) is 0.705. The van der Waals surface area contributed by atoms with Crippen molar-refractivity contribution < 1.29 is 18.5 Å². The molecule has 0 aliphatic carbocycles. The van der Waals surface area contributed by atoms with E-state index in [0.29, 0.717) is 12.4 Å². The first kappa shape index (κ1) is 8.91. The van der Waals surface area contributed by atoms with Gasteiger partial charge in [0.2, 0.25) is 0 Å². The Bertz CT molecular complexity index is 317. The van der Waals surface area contributed by atoms with Crippen LogP contribution < -0.4 is 4.52 Å². The second-order valence-electron chi connectivity index (χ2n) is 2.62. The van der Waals surface area contributed by atoms with Gasteiger partial charge in [-0.3, -0.25) is 9.05 Å². The first-order chi connectivity index (χ1) is 6.23. The van der Waals surface area contributed by atoms with Gasteiger partial charge in [-0.15, -0.1) is 0 Å². The molecule has 13 heavy (non-hydrogen) atoms. The van der Waals surface area contributed by atoms with E-state index in [1.165, 1.54) is 7.11 Å². The molecule has 0 spiro atoms. The maximum absolute atomic E-state index is 9.57. The van der Waals surface area contributed by atoms with Crippen molar-refractivity contribution >= 4 is 8.17 Å². The topological polar surface area (TPSA) is 47.9 Å². The fraction of sp³-hybridized carbons (Fsp3) is 0.250. The van der Waals surface area contributed by atoms with Crippen molar-refractivity contribution in [2.45, 2.75) is 6.61 Å². The van der Waals surface area contributed by atoms with E-state index < -0.39 is 8.17 Å². The Kier molecular flexibility index (Phi) is 2.22. The van der Waals surface area contributed by atoms with Crippen molar-refractivity contribution in [1.29, 1.82) is 0 Å². The first-order valence-electron chi connectivity index (χ1n) is 3.83. The average molecular weight is 201 g/mol. The first-order valence-corrected chi connectivity index (χ1v) is 5.33. The maximum atomic E-state index is 9.57. The van der Waals surface area contributed by atoms with Crippen LogP contribution in [0, 0.1) is 0 Å². The summed E-state index contributed by atoms with van der Waals surface area (Å²) in [6.07, 6.45) is 0. The molecule has 71 valence electrons. The van der Waals surface area contributed by atoms with E-state index >= 15 is 0 Å². The van der Waals surface area contributed by atoms with Crippen LogP contribution in [0.1, 0.15) is 5.56 Å².